The van der Waals surface area contributed by atoms with E-state index in [-0.39, 0.29) is 16.9 Å². The molecule has 1 N–H and O–H groups in total. The van der Waals surface area contributed by atoms with E-state index < -0.39 is 6.10 Å². The van der Waals surface area contributed by atoms with Gasteiger partial charge in [-0.05, 0) is 49.8 Å². The van der Waals surface area contributed by atoms with Gasteiger partial charge in [-0.25, -0.2) is 0 Å². The number of Topliss-reactive ketones (excluding diaryl/α,β-unsaturated/α-hetero) is 1. The summed E-state index contributed by atoms with van der Waals surface area (Å²) in [5, 5.41) is 10.3. The van der Waals surface area contributed by atoms with Crippen molar-refractivity contribution >= 4 is 5.78 Å². The third-order valence-electron chi connectivity index (χ3n) is 7.04. The molecule has 2 fully saturated rings. The van der Waals surface area contributed by atoms with E-state index in [1.54, 1.807) is 6.07 Å². The Balaban J connectivity index is 1.84. The van der Waals surface area contributed by atoms with Crippen molar-refractivity contribution in [1.82, 2.24) is 4.90 Å². The minimum absolute atomic E-state index is 0.193. The molecule has 122 valence electrons. The molecule has 0 amide bonds. The number of likely N-dealkylation sites (tertiary alicyclic amines) is 1. The summed E-state index contributed by atoms with van der Waals surface area (Å²) in [6.07, 6.45) is 3.16. The van der Waals surface area contributed by atoms with Crippen LogP contribution in [0.2, 0.25) is 0 Å². The number of phenolic OH excluding ortho intramolecular Hbond substituents is 1. The van der Waals surface area contributed by atoms with E-state index in [1.807, 2.05) is 6.07 Å². The maximum atomic E-state index is 12.9. The van der Waals surface area contributed by atoms with Crippen LogP contribution in [-0.4, -0.2) is 41.5 Å². The van der Waals surface area contributed by atoms with Gasteiger partial charge in [0.15, 0.2) is 23.4 Å². The zero-order valence-corrected chi connectivity index (χ0v) is 13.7. The van der Waals surface area contributed by atoms with E-state index in [0.717, 1.165) is 31.4 Å². The van der Waals surface area contributed by atoms with Crippen molar-refractivity contribution in [3.63, 3.8) is 0 Å². The van der Waals surface area contributed by atoms with Crippen LogP contribution in [0.25, 0.3) is 0 Å². The highest BCUT2D eigenvalue weighted by Gasteiger charge is 2.63. The first-order valence-corrected chi connectivity index (χ1v) is 8.77. The van der Waals surface area contributed by atoms with Crippen LogP contribution >= 0.6 is 0 Å². The summed E-state index contributed by atoms with van der Waals surface area (Å²) < 4.78 is 6.16. The Morgan fingerprint density at radius 1 is 1.39 bits per heavy atom. The number of aromatic hydroxyl groups is 1. The predicted molar refractivity (Wildman–Crippen MR) is 85.8 cm³/mol. The van der Waals surface area contributed by atoms with Gasteiger partial charge < -0.3 is 14.7 Å². The minimum Gasteiger partial charge on any atom is -0.504 e. The Labute approximate surface area is 136 Å². The molecule has 4 nitrogen and oxygen atoms in total. The van der Waals surface area contributed by atoms with E-state index in [0.29, 0.717) is 30.0 Å². The Morgan fingerprint density at radius 2 is 2.22 bits per heavy atom. The first-order valence-electron chi connectivity index (χ1n) is 8.77. The minimum atomic E-state index is -0.404. The molecule has 5 rings (SSSR count). The van der Waals surface area contributed by atoms with E-state index in [4.69, 9.17) is 4.74 Å². The van der Waals surface area contributed by atoms with Gasteiger partial charge in [-0.1, -0.05) is 13.0 Å². The van der Waals surface area contributed by atoms with Crippen LogP contribution in [0.15, 0.2) is 12.1 Å². The summed E-state index contributed by atoms with van der Waals surface area (Å²) in [7, 11) is 2.23. The van der Waals surface area contributed by atoms with Gasteiger partial charge in [0.2, 0.25) is 0 Å². The van der Waals surface area contributed by atoms with Crippen molar-refractivity contribution in [3.8, 4) is 11.5 Å². The number of likely N-dealkylation sites (N-methyl/N-ethyl adjacent to an activating group) is 1. The third kappa shape index (κ3) is 1.53. The monoisotopic (exact) mass is 313 g/mol. The molecule has 23 heavy (non-hydrogen) atoms. The second kappa shape index (κ2) is 4.29. The maximum Gasteiger partial charge on any atom is 0.174 e. The summed E-state index contributed by atoms with van der Waals surface area (Å²) in [6.45, 7) is 3.35. The molecule has 1 saturated carbocycles. The lowest BCUT2D eigenvalue weighted by Gasteiger charge is -2.46. The molecule has 3 bridgehead atoms. The average Bonchev–Trinajstić information content (AvgIpc) is 2.79. The largest absolute Gasteiger partial charge is 0.504 e. The molecule has 2 heterocycles. The number of phenols is 1. The molecule has 1 saturated heterocycles. The number of carbonyl (C=O) groups is 1. The molecule has 5 atom stereocenters. The lowest BCUT2D eigenvalue weighted by molar-refractivity contribution is -0.128. The molecule has 1 aromatic carbocycles. The van der Waals surface area contributed by atoms with Crippen LogP contribution in [0.3, 0.4) is 0 Å². The quantitative estimate of drug-likeness (QED) is 0.798. The van der Waals surface area contributed by atoms with Crippen molar-refractivity contribution < 1.29 is 14.6 Å². The lowest BCUT2D eigenvalue weighted by atomic mass is 9.58. The van der Waals surface area contributed by atoms with Crippen LogP contribution in [0, 0.1) is 11.8 Å². The van der Waals surface area contributed by atoms with Gasteiger partial charge in [-0.2, -0.15) is 0 Å². The molecular formula is C19H23NO3. The number of nitrogens with zero attached hydrogens (tertiary/aromatic N) is 1. The highest BCUT2D eigenvalue weighted by molar-refractivity contribution is 5.88. The lowest BCUT2D eigenvalue weighted by Crippen LogP contribution is -2.55. The van der Waals surface area contributed by atoms with Crippen LogP contribution in [0.4, 0.5) is 0 Å². The summed E-state index contributed by atoms with van der Waals surface area (Å²) >= 11 is 0. The number of hydrogen-bond acceptors (Lipinski definition) is 4. The molecule has 0 aromatic heterocycles. The number of hydrogen-bond donors (Lipinski definition) is 1. The normalized spacial score (nSPS) is 41.2. The van der Waals surface area contributed by atoms with Crippen molar-refractivity contribution in [1.29, 1.82) is 0 Å². The highest BCUT2D eigenvalue weighted by atomic mass is 16.5. The fraction of sp³-hybridized carbons (Fsp3) is 0.632. The van der Waals surface area contributed by atoms with E-state index >= 15 is 0 Å². The molecular weight excluding hydrogens is 290 g/mol. The van der Waals surface area contributed by atoms with Crippen molar-refractivity contribution in [2.45, 2.75) is 50.2 Å². The van der Waals surface area contributed by atoms with Crippen molar-refractivity contribution in [2.24, 2.45) is 11.8 Å². The first-order chi connectivity index (χ1) is 11.0. The van der Waals surface area contributed by atoms with Crippen molar-refractivity contribution in [3.05, 3.63) is 23.3 Å². The molecule has 2 aliphatic carbocycles. The Hall–Kier alpha value is -1.55. The number of benzene rings is 1. The van der Waals surface area contributed by atoms with Gasteiger partial charge in [-0.15, -0.1) is 0 Å². The average molecular weight is 313 g/mol. The Morgan fingerprint density at radius 3 is 3.04 bits per heavy atom. The number of ether oxygens (including phenoxy) is 1. The van der Waals surface area contributed by atoms with Gasteiger partial charge in [-0.3, -0.25) is 4.79 Å². The smallest absolute Gasteiger partial charge is 0.174 e. The first kappa shape index (κ1) is 13.8. The van der Waals surface area contributed by atoms with E-state index in [2.05, 4.69) is 18.9 Å². The summed E-state index contributed by atoms with van der Waals surface area (Å²) in [6, 6.07) is 4.23. The second-order valence-corrected chi connectivity index (χ2v) is 8.06. The number of rotatable bonds is 0. The van der Waals surface area contributed by atoms with Crippen LogP contribution in [0.1, 0.15) is 37.3 Å². The molecule has 4 heteroatoms. The molecule has 4 aliphatic rings. The van der Waals surface area contributed by atoms with Crippen molar-refractivity contribution in [2.75, 3.05) is 13.6 Å². The third-order valence-corrected chi connectivity index (χ3v) is 7.04. The summed E-state index contributed by atoms with van der Waals surface area (Å²) in [5.41, 5.74) is 2.18. The van der Waals surface area contributed by atoms with Gasteiger partial charge in [0.25, 0.3) is 0 Å². The topological polar surface area (TPSA) is 49.8 Å². The van der Waals surface area contributed by atoms with Crippen LogP contribution in [0.5, 0.6) is 11.5 Å². The fourth-order valence-electron chi connectivity index (χ4n) is 6.02. The Bertz CT molecular complexity index is 715. The van der Waals surface area contributed by atoms with E-state index in [9.17, 15) is 9.90 Å². The van der Waals surface area contributed by atoms with Gasteiger partial charge in [0.1, 0.15) is 0 Å². The molecule has 1 spiro atoms. The van der Waals surface area contributed by atoms with Crippen LogP contribution in [-0.2, 0) is 16.6 Å². The molecule has 1 aromatic rings. The predicted octanol–water partition coefficient (Wildman–Crippen LogP) is 2.27. The second-order valence-electron chi connectivity index (χ2n) is 8.06. The number of carbonyl (C=O) groups excluding carboxylic acids is 1. The van der Waals surface area contributed by atoms with Crippen LogP contribution < -0.4 is 4.74 Å². The fourth-order valence-corrected chi connectivity index (χ4v) is 6.02. The van der Waals surface area contributed by atoms with E-state index in [1.165, 1.54) is 5.56 Å². The standard InChI is InChI=1S/C19H23NO3/c1-10-13-7-12-4-6-14(21)17-16(12)19(10)8-11(9-20(13)2)3-5-15(22)18(19)23-17/h4,6,10-11,13,18,21H,3,5,7-9H2,1-2H3/t10-,11?,13+,18-,19-/m0/s1. The summed E-state index contributed by atoms with van der Waals surface area (Å²) in [5.74, 6) is 1.91. The molecule has 1 unspecified atom stereocenters. The highest BCUT2D eigenvalue weighted by Crippen LogP contribution is 2.61. The molecule has 2 aliphatic heterocycles. The maximum absolute atomic E-state index is 12.9. The Kier molecular flexibility index (Phi) is 2.59. The molecule has 0 radical (unpaired) electrons. The van der Waals surface area contributed by atoms with Gasteiger partial charge in [0, 0.05) is 30.0 Å². The SMILES string of the molecule is C[C@H]1[C@H]2Cc3ccc(O)c4c3[C@]13CC(CCC(=O)[C@@H]3O4)CN2C. The summed E-state index contributed by atoms with van der Waals surface area (Å²) in [4.78, 5) is 15.4. The van der Waals surface area contributed by atoms with Gasteiger partial charge in [0.05, 0.1) is 0 Å². The van der Waals surface area contributed by atoms with Gasteiger partial charge >= 0.3 is 0 Å². The number of ketones is 1. The zero-order chi connectivity index (χ0) is 15.9. The number of fused-ring (bicyclic) bond motifs is 2. The zero-order valence-electron chi connectivity index (χ0n) is 13.7.